The van der Waals surface area contributed by atoms with Gasteiger partial charge in [-0.1, -0.05) is 12.1 Å². The van der Waals surface area contributed by atoms with Crippen molar-refractivity contribution in [2.75, 3.05) is 145 Å². The van der Waals surface area contributed by atoms with E-state index in [9.17, 15) is 19.2 Å². The number of carbonyl (C=O) groups is 4. The molecule has 1 aromatic rings. The van der Waals surface area contributed by atoms with E-state index in [0.29, 0.717) is 130 Å². The maximum Gasteiger partial charge on any atom is 0.261 e. The highest BCUT2D eigenvalue weighted by molar-refractivity contribution is 6.21. The average molecular weight is 711 g/mol. The predicted octanol–water partition coefficient (Wildman–Crippen LogP) is 0.374. The molecule has 2 heterocycles. The molecule has 0 aromatic heterocycles. The summed E-state index contributed by atoms with van der Waals surface area (Å²) in [4.78, 5) is 49.7. The molecule has 2 aliphatic rings. The van der Waals surface area contributed by atoms with Gasteiger partial charge in [0.25, 0.3) is 23.6 Å². The van der Waals surface area contributed by atoms with E-state index in [1.165, 1.54) is 17.1 Å². The molecule has 2 aliphatic heterocycles. The number of rotatable bonds is 33. The number of ether oxygens (including phenoxy) is 10. The lowest BCUT2D eigenvalue weighted by atomic mass is 10.1. The molecule has 280 valence electrons. The molecule has 0 radical (unpaired) electrons. The van der Waals surface area contributed by atoms with Crippen LogP contribution in [0.5, 0.6) is 0 Å². The summed E-state index contributed by atoms with van der Waals surface area (Å²) in [6, 6.07) is 6.80. The zero-order chi connectivity index (χ0) is 35.5. The Morgan fingerprint density at radius 2 is 0.580 bits per heavy atom. The van der Waals surface area contributed by atoms with Crippen LogP contribution in [0.15, 0.2) is 36.4 Å². The molecule has 0 saturated carbocycles. The fraction of sp³-hybridized carbons (Fsp3) is 0.647. The summed E-state index contributed by atoms with van der Waals surface area (Å²) in [7, 11) is 0. The van der Waals surface area contributed by atoms with Crippen molar-refractivity contribution in [1.29, 1.82) is 0 Å². The Balaban J connectivity index is 0.923. The predicted molar refractivity (Wildman–Crippen MR) is 176 cm³/mol. The van der Waals surface area contributed by atoms with Crippen LogP contribution in [0.1, 0.15) is 20.7 Å². The Hall–Kier alpha value is -3.16. The number of fused-ring (bicyclic) bond motifs is 1. The van der Waals surface area contributed by atoms with E-state index in [-0.39, 0.29) is 49.9 Å². The highest BCUT2D eigenvalue weighted by Crippen LogP contribution is 2.21. The smallest absolute Gasteiger partial charge is 0.261 e. The first-order chi connectivity index (χ1) is 24.6. The first kappa shape index (κ1) is 41.3. The largest absolute Gasteiger partial charge is 0.377 e. The van der Waals surface area contributed by atoms with Gasteiger partial charge < -0.3 is 47.4 Å². The molecule has 0 unspecified atom stereocenters. The van der Waals surface area contributed by atoms with Crippen LogP contribution in [0, 0.1) is 0 Å². The fourth-order valence-electron chi connectivity index (χ4n) is 4.49. The van der Waals surface area contributed by atoms with Crippen molar-refractivity contribution in [1.82, 2.24) is 9.80 Å². The molecule has 3 rings (SSSR count). The van der Waals surface area contributed by atoms with Crippen LogP contribution < -0.4 is 0 Å². The van der Waals surface area contributed by atoms with Crippen molar-refractivity contribution in [2.24, 2.45) is 0 Å². The van der Waals surface area contributed by atoms with Gasteiger partial charge >= 0.3 is 0 Å². The summed E-state index contributed by atoms with van der Waals surface area (Å²) in [5, 5.41) is 0. The standard InChI is InChI=1S/C34H50N2O14/c37-31-5-6-32(38)35(31)7-9-41-11-13-43-15-17-45-19-21-47-23-25-49-27-28-50-26-24-48-22-20-46-18-16-44-14-12-42-10-8-36-33(39)29-3-1-2-4-30(29)34(36)40/h1-6H,7-28H2. The Bertz CT molecular complexity index is 1110. The average Bonchev–Trinajstić information content (AvgIpc) is 3.57. The second-order valence-electron chi connectivity index (χ2n) is 10.6. The van der Waals surface area contributed by atoms with Crippen molar-refractivity contribution in [2.45, 2.75) is 0 Å². The second kappa shape index (κ2) is 26.6. The summed E-state index contributed by atoms with van der Waals surface area (Å²) in [5.41, 5.74) is 0.872. The third kappa shape index (κ3) is 16.7. The highest BCUT2D eigenvalue weighted by Gasteiger charge is 2.34. The minimum atomic E-state index is -0.313. The molecule has 0 spiro atoms. The number of imide groups is 2. The Kier molecular flexibility index (Phi) is 22.0. The van der Waals surface area contributed by atoms with Crippen LogP contribution >= 0.6 is 0 Å². The lowest BCUT2D eigenvalue weighted by Crippen LogP contribution is -2.33. The highest BCUT2D eigenvalue weighted by atomic mass is 16.6. The van der Waals surface area contributed by atoms with Crippen molar-refractivity contribution in [3.8, 4) is 0 Å². The monoisotopic (exact) mass is 710 g/mol. The summed E-state index contributed by atoms with van der Waals surface area (Å²) in [6.45, 7) is 8.81. The second-order valence-corrected chi connectivity index (χ2v) is 10.6. The summed E-state index contributed by atoms with van der Waals surface area (Å²) in [6.07, 6.45) is 2.50. The quantitative estimate of drug-likeness (QED) is 0.0725. The van der Waals surface area contributed by atoms with Gasteiger partial charge in [0.15, 0.2) is 0 Å². The zero-order valence-electron chi connectivity index (χ0n) is 28.6. The first-order valence-electron chi connectivity index (χ1n) is 16.9. The minimum Gasteiger partial charge on any atom is -0.377 e. The van der Waals surface area contributed by atoms with Crippen molar-refractivity contribution in [3.05, 3.63) is 47.5 Å². The third-order valence-corrected chi connectivity index (χ3v) is 7.05. The molecular formula is C34H50N2O14. The molecular weight excluding hydrogens is 660 g/mol. The molecule has 0 atom stereocenters. The number of amides is 4. The molecule has 0 N–H and O–H groups in total. The fourth-order valence-corrected chi connectivity index (χ4v) is 4.49. The summed E-state index contributed by atoms with van der Waals surface area (Å²) in [5.74, 6) is -1.19. The van der Waals surface area contributed by atoms with Gasteiger partial charge in [-0.15, -0.1) is 0 Å². The molecule has 0 bridgehead atoms. The van der Waals surface area contributed by atoms with Crippen LogP contribution in [0.4, 0.5) is 0 Å². The van der Waals surface area contributed by atoms with Crippen LogP contribution in [0.25, 0.3) is 0 Å². The maximum absolute atomic E-state index is 12.3. The van der Waals surface area contributed by atoms with Crippen LogP contribution in [-0.2, 0) is 57.0 Å². The maximum atomic E-state index is 12.3. The Labute approximate surface area is 292 Å². The van der Waals surface area contributed by atoms with Crippen molar-refractivity contribution < 1.29 is 66.5 Å². The van der Waals surface area contributed by atoms with E-state index >= 15 is 0 Å². The van der Waals surface area contributed by atoms with Crippen LogP contribution in [-0.4, -0.2) is 179 Å². The van der Waals surface area contributed by atoms with Gasteiger partial charge in [0.2, 0.25) is 0 Å². The third-order valence-electron chi connectivity index (χ3n) is 7.05. The molecule has 1 aromatic carbocycles. The van der Waals surface area contributed by atoms with E-state index in [1.54, 1.807) is 24.3 Å². The Morgan fingerprint density at radius 1 is 0.340 bits per heavy atom. The molecule has 16 nitrogen and oxygen atoms in total. The van der Waals surface area contributed by atoms with Gasteiger partial charge in [-0.2, -0.15) is 0 Å². The molecule has 4 amide bonds. The summed E-state index contributed by atoms with van der Waals surface area (Å²) >= 11 is 0. The summed E-state index contributed by atoms with van der Waals surface area (Å²) < 4.78 is 54.5. The van der Waals surface area contributed by atoms with Crippen LogP contribution in [0.3, 0.4) is 0 Å². The minimum absolute atomic E-state index is 0.207. The number of carbonyl (C=O) groups excluding carboxylic acids is 4. The van der Waals surface area contributed by atoms with E-state index < -0.39 is 0 Å². The molecule has 50 heavy (non-hydrogen) atoms. The molecule has 0 fully saturated rings. The number of hydrogen-bond acceptors (Lipinski definition) is 14. The van der Waals surface area contributed by atoms with Gasteiger partial charge in [0.05, 0.1) is 156 Å². The van der Waals surface area contributed by atoms with E-state index in [4.69, 9.17) is 47.4 Å². The van der Waals surface area contributed by atoms with Crippen molar-refractivity contribution >= 4 is 23.6 Å². The van der Waals surface area contributed by atoms with Gasteiger partial charge in [-0.3, -0.25) is 29.0 Å². The number of benzene rings is 1. The Morgan fingerprint density at radius 3 is 0.860 bits per heavy atom. The lowest BCUT2D eigenvalue weighted by molar-refractivity contribution is -0.137. The SMILES string of the molecule is O=C1C=CC(=O)N1CCOCCOCCOCCOCCOCCOCCOCCOCCOCCOCCN1C(=O)c2ccccc2C1=O. The van der Waals surface area contributed by atoms with E-state index in [2.05, 4.69) is 0 Å². The van der Waals surface area contributed by atoms with Gasteiger partial charge in [0.1, 0.15) is 0 Å². The first-order valence-corrected chi connectivity index (χ1v) is 16.9. The topological polar surface area (TPSA) is 167 Å². The lowest BCUT2D eigenvalue weighted by Gasteiger charge is -2.13. The molecule has 16 heteroatoms. The van der Waals surface area contributed by atoms with Gasteiger partial charge in [0, 0.05) is 12.2 Å². The van der Waals surface area contributed by atoms with Gasteiger partial charge in [-0.25, -0.2) is 0 Å². The number of nitrogens with zero attached hydrogens (tertiary/aromatic N) is 2. The van der Waals surface area contributed by atoms with Crippen molar-refractivity contribution in [3.63, 3.8) is 0 Å². The van der Waals surface area contributed by atoms with E-state index in [0.717, 1.165) is 4.90 Å². The number of hydrogen-bond donors (Lipinski definition) is 0. The van der Waals surface area contributed by atoms with Crippen LogP contribution in [0.2, 0.25) is 0 Å². The van der Waals surface area contributed by atoms with Gasteiger partial charge in [-0.05, 0) is 12.1 Å². The zero-order valence-corrected chi connectivity index (χ0v) is 28.6. The molecule has 0 aliphatic carbocycles. The van der Waals surface area contributed by atoms with E-state index in [1.807, 2.05) is 0 Å². The molecule has 0 saturated heterocycles. The normalized spacial score (nSPS) is 14.2.